The first-order chi connectivity index (χ1) is 22.6. The third-order valence-electron chi connectivity index (χ3n) is 6.41. The molecular formula is C29H24Cl2F3N7O6S. The lowest BCUT2D eigenvalue weighted by Gasteiger charge is -2.19. The van der Waals surface area contributed by atoms with Gasteiger partial charge in [0.2, 0.25) is 10.0 Å². The molecular weight excluding hydrogens is 702 g/mol. The summed E-state index contributed by atoms with van der Waals surface area (Å²) in [6.07, 6.45) is -3.21. The summed E-state index contributed by atoms with van der Waals surface area (Å²) < 4.78 is 74.1. The van der Waals surface area contributed by atoms with Gasteiger partial charge in [0.25, 0.3) is 11.8 Å². The molecule has 0 unspecified atom stereocenters. The fourth-order valence-corrected chi connectivity index (χ4v) is 5.89. The van der Waals surface area contributed by atoms with Crippen molar-refractivity contribution in [1.82, 2.24) is 29.9 Å². The number of alkyl halides is 3. The largest absolute Gasteiger partial charge is 0.452 e. The minimum absolute atomic E-state index is 0.0325. The maximum atomic E-state index is 13.8. The van der Waals surface area contributed by atoms with E-state index in [-0.39, 0.29) is 44.1 Å². The maximum absolute atomic E-state index is 13.8. The molecule has 48 heavy (non-hydrogen) atoms. The number of benzene rings is 2. The van der Waals surface area contributed by atoms with Crippen LogP contribution in [0.5, 0.6) is 0 Å². The van der Waals surface area contributed by atoms with Crippen molar-refractivity contribution in [2.24, 2.45) is 0 Å². The zero-order chi connectivity index (χ0) is 35.4. The first-order valence-electron chi connectivity index (χ1n) is 13.3. The minimum atomic E-state index is -4.95. The standard InChI is InChI=1S/C29H24Cl2F3N7O6S/c1-4-16-12-17(30)13-19(26(42)39-40(2)28(44)47-3)24(16)37-27(43)22-14-18(38-41(22)25-21(31)9-7-11-35-25)15-36-48(45,46)23-10-6-5-8-20(23)29(32,33)34/h4-14,36H,1,15H2,2-3H3,(H,37,43)(H,39,42). The lowest BCUT2D eigenvalue weighted by atomic mass is 10.1. The number of hydrogen-bond donors (Lipinski definition) is 3. The number of ether oxygens (including phenoxy) is 1. The van der Waals surface area contributed by atoms with Crippen LogP contribution in [0.1, 0.15) is 37.7 Å². The minimum Gasteiger partial charge on any atom is -0.452 e. The number of amides is 3. The molecule has 0 radical (unpaired) electrons. The van der Waals surface area contributed by atoms with Crippen LogP contribution < -0.4 is 15.5 Å². The van der Waals surface area contributed by atoms with Crippen LogP contribution in [0.25, 0.3) is 11.9 Å². The Kier molecular flexibility index (Phi) is 10.8. The molecule has 0 aliphatic rings. The second kappa shape index (κ2) is 14.4. The van der Waals surface area contributed by atoms with Gasteiger partial charge < -0.3 is 10.1 Å². The van der Waals surface area contributed by atoms with E-state index >= 15 is 0 Å². The zero-order valence-electron chi connectivity index (χ0n) is 24.8. The quantitative estimate of drug-likeness (QED) is 0.196. The highest BCUT2D eigenvalue weighted by molar-refractivity contribution is 7.89. The van der Waals surface area contributed by atoms with Gasteiger partial charge in [0.1, 0.15) is 5.69 Å². The molecule has 0 atom stereocenters. The van der Waals surface area contributed by atoms with E-state index in [9.17, 15) is 36.0 Å². The summed E-state index contributed by atoms with van der Waals surface area (Å²) in [7, 11) is -2.41. The van der Waals surface area contributed by atoms with E-state index in [1.54, 1.807) is 0 Å². The summed E-state index contributed by atoms with van der Waals surface area (Å²) in [6, 6.07) is 10.3. The van der Waals surface area contributed by atoms with E-state index in [4.69, 9.17) is 23.2 Å². The number of halogens is 5. The second-order valence-electron chi connectivity index (χ2n) is 9.61. The van der Waals surface area contributed by atoms with Crippen molar-refractivity contribution < 1.29 is 40.7 Å². The first kappa shape index (κ1) is 35.9. The predicted octanol–water partition coefficient (Wildman–Crippen LogP) is 5.31. The number of aromatic nitrogens is 3. The van der Waals surface area contributed by atoms with Crippen LogP contribution in [-0.4, -0.2) is 60.3 Å². The molecule has 4 rings (SSSR count). The van der Waals surface area contributed by atoms with E-state index < -0.39 is 51.1 Å². The Labute approximate surface area is 281 Å². The van der Waals surface area contributed by atoms with Gasteiger partial charge >= 0.3 is 12.3 Å². The van der Waals surface area contributed by atoms with Gasteiger partial charge in [-0.1, -0.05) is 48.0 Å². The fourth-order valence-electron chi connectivity index (χ4n) is 4.23. The molecule has 13 nitrogen and oxygen atoms in total. The van der Waals surface area contributed by atoms with Crippen LogP contribution in [0.4, 0.5) is 23.7 Å². The summed E-state index contributed by atoms with van der Waals surface area (Å²) in [5.74, 6) is -1.85. The van der Waals surface area contributed by atoms with Gasteiger partial charge in [-0.3, -0.25) is 15.0 Å². The van der Waals surface area contributed by atoms with Crippen molar-refractivity contribution >= 4 is 62.9 Å². The highest BCUT2D eigenvalue weighted by Crippen LogP contribution is 2.34. The van der Waals surface area contributed by atoms with Gasteiger partial charge in [-0.2, -0.15) is 18.3 Å². The molecule has 3 amide bonds. The average Bonchev–Trinajstić information content (AvgIpc) is 3.48. The second-order valence-corrected chi connectivity index (χ2v) is 12.2. The van der Waals surface area contributed by atoms with Crippen molar-refractivity contribution in [2.45, 2.75) is 17.6 Å². The molecule has 252 valence electrons. The van der Waals surface area contributed by atoms with Crippen LogP contribution >= 0.6 is 23.2 Å². The molecule has 0 aliphatic carbocycles. The Morgan fingerprint density at radius 2 is 1.79 bits per heavy atom. The van der Waals surface area contributed by atoms with Crippen molar-refractivity contribution in [3.63, 3.8) is 0 Å². The van der Waals surface area contributed by atoms with Crippen molar-refractivity contribution in [3.05, 3.63) is 105 Å². The third kappa shape index (κ3) is 7.93. The molecule has 0 bridgehead atoms. The number of anilines is 1. The Hall–Kier alpha value is -4.97. The third-order valence-corrected chi connectivity index (χ3v) is 8.38. The van der Waals surface area contributed by atoms with Crippen molar-refractivity contribution in [2.75, 3.05) is 19.5 Å². The molecule has 0 aliphatic heterocycles. The number of hydrazine groups is 1. The molecule has 0 spiro atoms. The number of pyridine rings is 1. The molecule has 3 N–H and O–H groups in total. The normalized spacial score (nSPS) is 11.5. The summed E-state index contributed by atoms with van der Waals surface area (Å²) in [5.41, 5.74) is 0.418. The molecule has 2 heterocycles. The number of nitrogens with zero attached hydrogens (tertiary/aromatic N) is 4. The highest BCUT2D eigenvalue weighted by atomic mass is 35.5. The van der Waals surface area contributed by atoms with Gasteiger partial charge in [-0.15, -0.1) is 0 Å². The molecule has 19 heteroatoms. The number of rotatable bonds is 9. The number of carbonyl (C=O) groups excluding carboxylic acids is 3. The van der Waals surface area contributed by atoms with Gasteiger partial charge in [-0.25, -0.2) is 32.6 Å². The van der Waals surface area contributed by atoms with Crippen molar-refractivity contribution in [1.29, 1.82) is 0 Å². The average molecular weight is 727 g/mol. The lowest BCUT2D eigenvalue weighted by Crippen LogP contribution is -2.43. The van der Waals surface area contributed by atoms with Crippen molar-refractivity contribution in [3.8, 4) is 5.82 Å². The number of sulfonamides is 1. The first-order valence-corrected chi connectivity index (χ1v) is 15.6. The molecule has 0 fully saturated rings. The van der Waals surface area contributed by atoms with Crippen LogP contribution in [0.15, 0.2) is 72.3 Å². The van der Waals surface area contributed by atoms with E-state index in [1.807, 2.05) is 0 Å². The highest BCUT2D eigenvalue weighted by Gasteiger charge is 2.37. The zero-order valence-corrected chi connectivity index (χ0v) is 27.1. The SMILES string of the molecule is C=Cc1cc(Cl)cc(C(=O)NN(C)C(=O)OC)c1NC(=O)c1cc(CNS(=O)(=O)c2ccccc2C(F)(F)F)nn1-c1ncccc1Cl. The van der Waals surface area contributed by atoms with Crippen LogP contribution in [0.3, 0.4) is 0 Å². The number of carbonyl (C=O) groups is 3. The summed E-state index contributed by atoms with van der Waals surface area (Å²) in [4.78, 5) is 42.0. The van der Waals surface area contributed by atoms with Gasteiger partial charge in [-0.05, 0) is 48.0 Å². The maximum Gasteiger partial charge on any atom is 0.428 e. The van der Waals surface area contributed by atoms with Gasteiger partial charge in [0.15, 0.2) is 5.82 Å². The number of nitrogens with one attached hydrogen (secondary N) is 3. The van der Waals surface area contributed by atoms with Crippen LogP contribution in [0, 0.1) is 0 Å². The van der Waals surface area contributed by atoms with Crippen LogP contribution in [-0.2, 0) is 27.5 Å². The summed E-state index contributed by atoms with van der Waals surface area (Å²) in [5, 5.41) is 7.68. The van der Waals surface area contributed by atoms with E-state index in [0.29, 0.717) is 6.07 Å². The van der Waals surface area contributed by atoms with Gasteiger partial charge in [0, 0.05) is 18.3 Å². The molecule has 2 aromatic heterocycles. The number of hydrogen-bond acceptors (Lipinski definition) is 8. The Balaban J connectivity index is 1.74. The fraction of sp³-hybridized carbons (Fsp3) is 0.138. The lowest BCUT2D eigenvalue weighted by molar-refractivity contribution is -0.139. The topological polar surface area (TPSA) is 165 Å². The smallest absolute Gasteiger partial charge is 0.428 e. The van der Waals surface area contributed by atoms with E-state index in [1.165, 1.54) is 43.6 Å². The monoisotopic (exact) mass is 725 g/mol. The molecule has 0 saturated heterocycles. The van der Waals surface area contributed by atoms with Gasteiger partial charge in [0.05, 0.1) is 46.1 Å². The number of methoxy groups -OCH3 is 1. The van der Waals surface area contributed by atoms with E-state index in [2.05, 4.69) is 36.9 Å². The molecule has 0 saturated carbocycles. The Morgan fingerprint density at radius 1 is 1.08 bits per heavy atom. The summed E-state index contributed by atoms with van der Waals surface area (Å²) in [6.45, 7) is 3.03. The van der Waals surface area contributed by atoms with Crippen LogP contribution in [0.2, 0.25) is 10.0 Å². The Bertz CT molecular complexity index is 2020. The summed E-state index contributed by atoms with van der Waals surface area (Å²) >= 11 is 12.5. The Morgan fingerprint density at radius 3 is 2.44 bits per heavy atom. The molecule has 4 aromatic rings. The molecule has 2 aromatic carbocycles. The predicted molar refractivity (Wildman–Crippen MR) is 169 cm³/mol. The van der Waals surface area contributed by atoms with E-state index in [0.717, 1.165) is 41.1 Å².